The maximum atomic E-state index is 12.1. The summed E-state index contributed by atoms with van der Waals surface area (Å²) in [5, 5.41) is 11.0. The Hall–Kier alpha value is -2.70. The van der Waals surface area contributed by atoms with Crippen LogP contribution in [0.15, 0.2) is 24.5 Å². The van der Waals surface area contributed by atoms with Gasteiger partial charge in [-0.1, -0.05) is 0 Å². The zero-order valence-electron chi connectivity index (χ0n) is 11.2. The second kappa shape index (κ2) is 7.03. The molecule has 20 heavy (non-hydrogen) atoms. The number of hydrogen-bond acceptors (Lipinski definition) is 4. The van der Waals surface area contributed by atoms with Gasteiger partial charge in [0.25, 0.3) is 5.91 Å². The second-order valence-electron chi connectivity index (χ2n) is 4.01. The lowest BCUT2D eigenvalue weighted by atomic mass is 10.1. The molecule has 7 nitrogen and oxygen atoms in total. The highest BCUT2D eigenvalue weighted by Gasteiger charge is 2.14. The predicted octanol–water partition coefficient (Wildman–Crippen LogP) is -0.00260. The minimum absolute atomic E-state index is 0.0650. The zero-order chi connectivity index (χ0) is 15.1. The van der Waals surface area contributed by atoms with Crippen molar-refractivity contribution in [2.45, 2.75) is 0 Å². The first kappa shape index (κ1) is 15.4. The lowest BCUT2D eigenvalue weighted by molar-refractivity contribution is -0.131. The molecule has 0 unspecified atom stereocenters. The van der Waals surface area contributed by atoms with Gasteiger partial charge in [0.2, 0.25) is 5.91 Å². The van der Waals surface area contributed by atoms with Crippen molar-refractivity contribution in [1.29, 1.82) is 0 Å². The van der Waals surface area contributed by atoms with E-state index in [-0.39, 0.29) is 23.9 Å². The molecule has 0 saturated heterocycles. The van der Waals surface area contributed by atoms with Crippen LogP contribution in [0.5, 0.6) is 0 Å². The molecule has 0 aliphatic carbocycles. The molecule has 1 aromatic heterocycles. The molecule has 1 heterocycles. The number of amides is 2. The van der Waals surface area contributed by atoms with E-state index in [1.807, 2.05) is 0 Å². The van der Waals surface area contributed by atoms with Crippen molar-refractivity contribution in [3.63, 3.8) is 0 Å². The van der Waals surface area contributed by atoms with E-state index in [4.69, 9.17) is 5.11 Å². The quantitative estimate of drug-likeness (QED) is 0.738. The van der Waals surface area contributed by atoms with Crippen molar-refractivity contribution < 1.29 is 19.5 Å². The van der Waals surface area contributed by atoms with E-state index in [0.29, 0.717) is 5.56 Å². The highest BCUT2D eigenvalue weighted by molar-refractivity contribution is 5.96. The van der Waals surface area contributed by atoms with E-state index in [2.05, 4.69) is 10.3 Å². The summed E-state index contributed by atoms with van der Waals surface area (Å²) in [5.41, 5.74) is 0.774. The average Bonchev–Trinajstić information content (AvgIpc) is 2.44. The van der Waals surface area contributed by atoms with Crippen molar-refractivity contribution in [1.82, 2.24) is 15.2 Å². The summed E-state index contributed by atoms with van der Waals surface area (Å²) in [7, 11) is 2.98. The number of carboxylic acids is 1. The van der Waals surface area contributed by atoms with Gasteiger partial charge in [-0.25, -0.2) is 4.79 Å². The number of carbonyl (C=O) groups is 3. The predicted molar refractivity (Wildman–Crippen MR) is 71.9 cm³/mol. The van der Waals surface area contributed by atoms with Gasteiger partial charge in [-0.05, 0) is 17.7 Å². The Kier molecular flexibility index (Phi) is 5.40. The molecular weight excluding hydrogens is 262 g/mol. The number of carbonyl (C=O) groups excluding carboxylic acids is 2. The van der Waals surface area contributed by atoms with Crippen molar-refractivity contribution in [2.75, 3.05) is 20.6 Å². The Morgan fingerprint density at radius 3 is 2.70 bits per heavy atom. The third kappa shape index (κ3) is 4.52. The molecule has 0 aliphatic heterocycles. The molecule has 0 saturated carbocycles. The SMILES string of the molecule is CNC(=O)CN(C)C(=O)c1cncc(C=CC(=O)O)c1. The second-order valence-corrected chi connectivity index (χ2v) is 4.01. The molecule has 2 amide bonds. The van der Waals surface area contributed by atoms with Gasteiger partial charge in [0.15, 0.2) is 0 Å². The van der Waals surface area contributed by atoms with Crippen molar-refractivity contribution in [3.8, 4) is 0 Å². The molecule has 7 heteroatoms. The van der Waals surface area contributed by atoms with Crippen LogP contribution in [0, 0.1) is 0 Å². The molecule has 1 aromatic rings. The van der Waals surface area contributed by atoms with Crippen LogP contribution < -0.4 is 5.32 Å². The fraction of sp³-hybridized carbons (Fsp3) is 0.231. The summed E-state index contributed by atoms with van der Waals surface area (Å²) in [5.74, 6) is -1.74. The van der Waals surface area contributed by atoms with Crippen molar-refractivity contribution in [2.24, 2.45) is 0 Å². The lowest BCUT2D eigenvalue weighted by Crippen LogP contribution is -2.36. The number of nitrogens with zero attached hydrogens (tertiary/aromatic N) is 2. The van der Waals surface area contributed by atoms with Gasteiger partial charge in [0.05, 0.1) is 12.1 Å². The van der Waals surface area contributed by atoms with Gasteiger partial charge in [-0.15, -0.1) is 0 Å². The minimum Gasteiger partial charge on any atom is -0.478 e. The van der Waals surface area contributed by atoms with Crippen LogP contribution in [-0.4, -0.2) is 53.4 Å². The first-order valence-corrected chi connectivity index (χ1v) is 5.76. The van der Waals surface area contributed by atoms with Gasteiger partial charge in [0, 0.05) is 32.6 Å². The topological polar surface area (TPSA) is 99.6 Å². The Labute approximate surface area is 115 Å². The summed E-state index contributed by atoms with van der Waals surface area (Å²) in [6.45, 7) is -0.0650. The molecule has 0 bridgehead atoms. The molecule has 1 rings (SSSR count). The number of carboxylic acid groups (broad SMARTS) is 1. The average molecular weight is 277 g/mol. The number of aromatic nitrogens is 1. The van der Waals surface area contributed by atoms with Gasteiger partial charge in [-0.2, -0.15) is 0 Å². The van der Waals surface area contributed by atoms with Gasteiger partial charge >= 0.3 is 5.97 Å². The van der Waals surface area contributed by atoms with Gasteiger partial charge < -0.3 is 15.3 Å². The Balaban J connectivity index is 2.85. The van der Waals surface area contributed by atoms with Crippen LogP contribution in [-0.2, 0) is 9.59 Å². The fourth-order valence-corrected chi connectivity index (χ4v) is 1.42. The van der Waals surface area contributed by atoms with E-state index in [1.54, 1.807) is 0 Å². The highest BCUT2D eigenvalue weighted by Crippen LogP contribution is 2.07. The molecule has 0 aromatic carbocycles. The first-order chi connectivity index (χ1) is 9.43. The highest BCUT2D eigenvalue weighted by atomic mass is 16.4. The Morgan fingerprint density at radius 1 is 1.40 bits per heavy atom. The monoisotopic (exact) mass is 277 g/mol. The van der Waals surface area contributed by atoms with Crippen LogP contribution in [0.2, 0.25) is 0 Å². The molecule has 2 N–H and O–H groups in total. The van der Waals surface area contributed by atoms with Gasteiger partial charge in [-0.3, -0.25) is 14.6 Å². The fourth-order valence-electron chi connectivity index (χ4n) is 1.42. The minimum atomic E-state index is -1.08. The maximum absolute atomic E-state index is 12.1. The van der Waals surface area contributed by atoms with Crippen molar-refractivity contribution >= 4 is 23.9 Å². The third-order valence-corrected chi connectivity index (χ3v) is 2.43. The molecule has 0 fully saturated rings. The first-order valence-electron chi connectivity index (χ1n) is 5.76. The summed E-state index contributed by atoms with van der Waals surface area (Å²) in [4.78, 5) is 38.8. The number of rotatable bonds is 5. The van der Waals surface area contributed by atoms with Crippen LogP contribution in [0.3, 0.4) is 0 Å². The lowest BCUT2D eigenvalue weighted by Gasteiger charge is -2.15. The van der Waals surface area contributed by atoms with Crippen LogP contribution in [0.4, 0.5) is 0 Å². The van der Waals surface area contributed by atoms with E-state index in [1.165, 1.54) is 43.5 Å². The third-order valence-electron chi connectivity index (χ3n) is 2.43. The molecule has 0 atom stereocenters. The smallest absolute Gasteiger partial charge is 0.328 e. The number of hydrogen-bond donors (Lipinski definition) is 2. The largest absolute Gasteiger partial charge is 0.478 e. The van der Waals surface area contributed by atoms with Crippen LogP contribution >= 0.6 is 0 Å². The molecular formula is C13H15N3O4. The normalized spacial score (nSPS) is 10.3. The number of likely N-dealkylation sites (N-methyl/N-ethyl adjacent to an activating group) is 2. The summed E-state index contributed by atoms with van der Waals surface area (Å²) in [6, 6.07) is 1.51. The van der Waals surface area contributed by atoms with Crippen LogP contribution in [0.1, 0.15) is 15.9 Å². The van der Waals surface area contributed by atoms with E-state index >= 15 is 0 Å². The summed E-state index contributed by atoms with van der Waals surface area (Å²) in [6.07, 6.45) is 5.10. The molecule has 0 spiro atoms. The number of aliphatic carboxylic acids is 1. The van der Waals surface area contributed by atoms with Crippen molar-refractivity contribution in [3.05, 3.63) is 35.7 Å². The molecule has 0 radical (unpaired) electrons. The maximum Gasteiger partial charge on any atom is 0.328 e. The molecule has 106 valence electrons. The number of nitrogens with one attached hydrogen (secondary N) is 1. The number of pyridine rings is 1. The molecule has 0 aliphatic rings. The zero-order valence-corrected chi connectivity index (χ0v) is 11.2. The summed E-state index contributed by atoms with van der Waals surface area (Å²) < 4.78 is 0. The summed E-state index contributed by atoms with van der Waals surface area (Å²) >= 11 is 0. The van der Waals surface area contributed by atoms with E-state index in [0.717, 1.165) is 6.08 Å². The van der Waals surface area contributed by atoms with Gasteiger partial charge in [0.1, 0.15) is 0 Å². The Morgan fingerprint density at radius 2 is 2.10 bits per heavy atom. The van der Waals surface area contributed by atoms with Crippen LogP contribution in [0.25, 0.3) is 6.08 Å². The van der Waals surface area contributed by atoms with E-state index < -0.39 is 5.97 Å². The Bertz CT molecular complexity index is 554. The van der Waals surface area contributed by atoms with E-state index in [9.17, 15) is 14.4 Å². The standard InChI is InChI=1S/C13H15N3O4/c1-14-11(17)8-16(2)13(20)10-5-9(6-15-7-10)3-4-12(18)19/h3-7H,8H2,1-2H3,(H,14,17)(H,18,19).